The SMILES string of the molecule is Cn1cnc(CNc2ncc([N+](=O)[O-])cc2C#N)n1. The van der Waals surface area contributed by atoms with Crippen molar-refractivity contribution >= 4 is 11.5 Å². The smallest absolute Gasteiger partial charge is 0.289 e. The molecule has 0 unspecified atom stereocenters. The zero-order chi connectivity index (χ0) is 13.8. The molecule has 0 aromatic carbocycles. The van der Waals surface area contributed by atoms with Crippen LogP contribution in [-0.2, 0) is 13.6 Å². The third-order valence-corrected chi connectivity index (χ3v) is 2.27. The Bertz CT molecular complexity index is 658. The van der Waals surface area contributed by atoms with Gasteiger partial charge in [0.25, 0.3) is 5.69 Å². The first kappa shape index (κ1) is 12.4. The molecule has 0 aliphatic heterocycles. The number of hydrogen-bond acceptors (Lipinski definition) is 7. The second-order valence-corrected chi connectivity index (χ2v) is 3.65. The van der Waals surface area contributed by atoms with E-state index in [2.05, 4.69) is 20.4 Å². The highest BCUT2D eigenvalue weighted by atomic mass is 16.6. The minimum Gasteiger partial charge on any atom is -0.362 e. The van der Waals surface area contributed by atoms with Gasteiger partial charge in [-0.1, -0.05) is 0 Å². The third-order valence-electron chi connectivity index (χ3n) is 2.27. The number of nitriles is 1. The molecule has 0 bridgehead atoms. The molecule has 0 radical (unpaired) electrons. The van der Waals surface area contributed by atoms with Gasteiger partial charge in [-0.3, -0.25) is 14.8 Å². The second-order valence-electron chi connectivity index (χ2n) is 3.65. The van der Waals surface area contributed by atoms with Crippen molar-refractivity contribution in [1.82, 2.24) is 19.7 Å². The predicted molar refractivity (Wildman–Crippen MR) is 63.9 cm³/mol. The number of aromatic nitrogens is 4. The fourth-order valence-corrected chi connectivity index (χ4v) is 1.41. The molecule has 0 amide bonds. The van der Waals surface area contributed by atoms with Crippen molar-refractivity contribution in [2.75, 3.05) is 5.32 Å². The molecule has 2 heterocycles. The van der Waals surface area contributed by atoms with Crippen LogP contribution in [0.3, 0.4) is 0 Å². The minimum atomic E-state index is -0.599. The Kier molecular flexibility index (Phi) is 3.33. The molecule has 0 atom stereocenters. The Hall–Kier alpha value is -3.02. The van der Waals surface area contributed by atoms with Crippen molar-refractivity contribution in [3.8, 4) is 6.07 Å². The molecule has 2 aromatic rings. The van der Waals surface area contributed by atoms with E-state index in [4.69, 9.17) is 5.26 Å². The number of rotatable bonds is 4. The average Bonchev–Trinajstić information content (AvgIpc) is 2.81. The van der Waals surface area contributed by atoms with E-state index in [0.29, 0.717) is 5.82 Å². The predicted octanol–water partition coefficient (Wildman–Crippen LogP) is 0.602. The molecule has 2 rings (SSSR count). The van der Waals surface area contributed by atoms with Crippen LogP contribution in [0.4, 0.5) is 11.5 Å². The average molecular weight is 259 g/mol. The maximum atomic E-state index is 10.6. The molecule has 0 saturated carbocycles. The number of nitro groups is 1. The number of hydrogen-bond donors (Lipinski definition) is 1. The molecule has 96 valence electrons. The van der Waals surface area contributed by atoms with Gasteiger partial charge < -0.3 is 5.32 Å². The van der Waals surface area contributed by atoms with Crippen LogP contribution >= 0.6 is 0 Å². The Morgan fingerprint density at radius 3 is 2.95 bits per heavy atom. The van der Waals surface area contributed by atoms with Gasteiger partial charge in [-0.05, 0) is 0 Å². The monoisotopic (exact) mass is 259 g/mol. The van der Waals surface area contributed by atoms with Gasteiger partial charge in [0.05, 0.1) is 11.5 Å². The highest BCUT2D eigenvalue weighted by Gasteiger charge is 2.12. The number of aryl methyl sites for hydroxylation is 1. The molecule has 0 saturated heterocycles. The first-order valence-electron chi connectivity index (χ1n) is 5.23. The first-order chi connectivity index (χ1) is 9.10. The van der Waals surface area contributed by atoms with Gasteiger partial charge in [-0.15, -0.1) is 0 Å². The van der Waals surface area contributed by atoms with Crippen LogP contribution in [0.25, 0.3) is 0 Å². The maximum absolute atomic E-state index is 10.6. The lowest BCUT2D eigenvalue weighted by Gasteiger charge is -2.04. The quantitative estimate of drug-likeness (QED) is 0.629. The molecule has 1 N–H and O–H groups in total. The van der Waals surface area contributed by atoms with E-state index >= 15 is 0 Å². The van der Waals surface area contributed by atoms with Crippen LogP contribution in [-0.4, -0.2) is 24.7 Å². The normalized spacial score (nSPS) is 9.89. The number of anilines is 1. The van der Waals surface area contributed by atoms with Crippen LogP contribution in [0.15, 0.2) is 18.6 Å². The summed E-state index contributed by atoms with van der Waals surface area (Å²) in [4.78, 5) is 17.8. The van der Waals surface area contributed by atoms with Gasteiger partial charge in [-0.2, -0.15) is 10.4 Å². The van der Waals surface area contributed by atoms with Crippen molar-refractivity contribution in [2.45, 2.75) is 6.54 Å². The summed E-state index contributed by atoms with van der Waals surface area (Å²) in [6.07, 6.45) is 2.64. The summed E-state index contributed by atoms with van der Waals surface area (Å²) in [5.74, 6) is 0.798. The Balaban J connectivity index is 2.16. The molecule has 0 aliphatic carbocycles. The lowest BCUT2D eigenvalue weighted by molar-refractivity contribution is -0.385. The summed E-state index contributed by atoms with van der Waals surface area (Å²) in [6.45, 7) is 0.278. The highest BCUT2D eigenvalue weighted by Crippen LogP contribution is 2.18. The summed E-state index contributed by atoms with van der Waals surface area (Å²) in [7, 11) is 1.74. The van der Waals surface area contributed by atoms with E-state index in [-0.39, 0.29) is 23.6 Å². The zero-order valence-electron chi connectivity index (χ0n) is 9.94. The molecule has 0 aliphatic rings. The number of pyridine rings is 1. The molecular formula is C10H9N7O2. The van der Waals surface area contributed by atoms with E-state index in [1.54, 1.807) is 18.1 Å². The van der Waals surface area contributed by atoms with Crippen molar-refractivity contribution in [2.24, 2.45) is 7.05 Å². The van der Waals surface area contributed by atoms with Crippen molar-refractivity contribution in [1.29, 1.82) is 5.26 Å². The van der Waals surface area contributed by atoms with Gasteiger partial charge in [0.2, 0.25) is 0 Å². The largest absolute Gasteiger partial charge is 0.362 e. The van der Waals surface area contributed by atoms with Crippen molar-refractivity contribution < 1.29 is 4.92 Å². The van der Waals surface area contributed by atoms with Crippen LogP contribution in [0, 0.1) is 21.4 Å². The number of nitrogens with one attached hydrogen (secondary N) is 1. The summed E-state index contributed by atoms with van der Waals surface area (Å²) in [5, 5.41) is 26.4. The molecule has 0 fully saturated rings. The lowest BCUT2D eigenvalue weighted by Crippen LogP contribution is -2.06. The van der Waals surface area contributed by atoms with Crippen molar-refractivity contribution in [3.63, 3.8) is 0 Å². The minimum absolute atomic E-state index is 0.102. The van der Waals surface area contributed by atoms with Crippen LogP contribution < -0.4 is 5.32 Å². The van der Waals surface area contributed by atoms with E-state index in [1.807, 2.05) is 6.07 Å². The molecular weight excluding hydrogens is 250 g/mol. The summed E-state index contributed by atoms with van der Waals surface area (Å²) >= 11 is 0. The molecule has 19 heavy (non-hydrogen) atoms. The van der Waals surface area contributed by atoms with E-state index in [9.17, 15) is 10.1 Å². The van der Waals surface area contributed by atoms with Gasteiger partial charge in [0.1, 0.15) is 30.0 Å². The summed E-state index contributed by atoms with van der Waals surface area (Å²) < 4.78 is 1.55. The van der Waals surface area contributed by atoms with Crippen molar-refractivity contribution in [3.05, 3.63) is 40.1 Å². The topological polar surface area (TPSA) is 123 Å². The highest BCUT2D eigenvalue weighted by molar-refractivity contribution is 5.55. The van der Waals surface area contributed by atoms with Gasteiger partial charge in [-0.25, -0.2) is 9.97 Å². The fraction of sp³-hybridized carbons (Fsp3) is 0.200. The molecule has 9 heteroatoms. The molecule has 2 aromatic heterocycles. The third kappa shape index (κ3) is 2.81. The zero-order valence-corrected chi connectivity index (χ0v) is 9.94. The standard InChI is InChI=1S/C10H9N7O2/c1-16-6-14-9(15-16)5-13-10-7(3-11)2-8(4-12-10)17(18)19/h2,4,6H,5H2,1H3,(H,12,13). The Morgan fingerprint density at radius 2 is 2.37 bits per heavy atom. The second kappa shape index (κ2) is 5.09. The van der Waals surface area contributed by atoms with Crippen LogP contribution in [0.1, 0.15) is 11.4 Å². The van der Waals surface area contributed by atoms with Gasteiger partial charge >= 0.3 is 0 Å². The Labute approximate surface area is 107 Å². The fourth-order valence-electron chi connectivity index (χ4n) is 1.41. The van der Waals surface area contributed by atoms with Gasteiger partial charge in [0, 0.05) is 13.1 Å². The number of nitrogens with zero attached hydrogens (tertiary/aromatic N) is 6. The van der Waals surface area contributed by atoms with Crippen LogP contribution in [0.2, 0.25) is 0 Å². The lowest BCUT2D eigenvalue weighted by atomic mass is 10.2. The van der Waals surface area contributed by atoms with E-state index < -0.39 is 4.92 Å². The maximum Gasteiger partial charge on any atom is 0.289 e. The van der Waals surface area contributed by atoms with Gasteiger partial charge in [0.15, 0.2) is 5.82 Å². The summed E-state index contributed by atoms with van der Waals surface area (Å²) in [5.41, 5.74) is -0.122. The Morgan fingerprint density at radius 1 is 1.58 bits per heavy atom. The molecule has 0 spiro atoms. The van der Waals surface area contributed by atoms with E-state index in [1.165, 1.54) is 6.07 Å². The van der Waals surface area contributed by atoms with Crippen LogP contribution in [0.5, 0.6) is 0 Å². The van der Waals surface area contributed by atoms with E-state index in [0.717, 1.165) is 6.20 Å². The summed E-state index contributed by atoms with van der Waals surface area (Å²) in [6, 6.07) is 3.02. The molecule has 9 nitrogen and oxygen atoms in total. The first-order valence-corrected chi connectivity index (χ1v) is 5.23.